The highest BCUT2D eigenvalue weighted by atomic mass is 35.5. The van der Waals surface area contributed by atoms with Crippen LogP contribution in [-0.2, 0) is 6.61 Å². The number of aryl methyl sites for hydroxylation is 1. The van der Waals surface area contributed by atoms with E-state index in [2.05, 4.69) is 0 Å². The van der Waals surface area contributed by atoms with Gasteiger partial charge in [0, 0.05) is 0 Å². The Morgan fingerprint density at radius 2 is 1.81 bits per heavy atom. The summed E-state index contributed by atoms with van der Waals surface area (Å²) in [6.45, 7) is 3.72. The first-order valence-electron chi connectivity index (χ1n) is 7.00. The normalized spacial score (nSPS) is 10.4. The summed E-state index contributed by atoms with van der Waals surface area (Å²) >= 11 is 6.20. The smallest absolute Gasteiger partial charge is 0.137 e. The predicted molar refractivity (Wildman–Crippen MR) is 86.1 cm³/mol. The highest BCUT2D eigenvalue weighted by molar-refractivity contribution is 6.32. The highest BCUT2D eigenvalue weighted by Gasteiger charge is 2.04. The molecule has 0 saturated carbocycles. The molecule has 0 bridgehead atoms. The minimum atomic E-state index is 0.478. The van der Waals surface area contributed by atoms with Gasteiger partial charge in [0.05, 0.1) is 11.6 Å². The van der Waals surface area contributed by atoms with Crippen LogP contribution >= 0.6 is 11.6 Å². The van der Waals surface area contributed by atoms with Crippen molar-refractivity contribution in [1.82, 2.24) is 0 Å². The Morgan fingerprint density at radius 1 is 1.05 bits per heavy atom. The van der Waals surface area contributed by atoms with Crippen LogP contribution in [0.2, 0.25) is 5.02 Å². The van der Waals surface area contributed by atoms with Gasteiger partial charge in [0.2, 0.25) is 0 Å². The van der Waals surface area contributed by atoms with Gasteiger partial charge in [-0.2, -0.15) is 0 Å². The van der Waals surface area contributed by atoms with Crippen LogP contribution in [0.1, 0.15) is 17.5 Å². The van der Waals surface area contributed by atoms with E-state index in [4.69, 9.17) is 26.8 Å². The number of hydrogen-bond donors (Lipinski definition) is 1. The zero-order valence-corrected chi connectivity index (χ0v) is 12.9. The molecule has 0 aliphatic heterocycles. The summed E-state index contributed by atoms with van der Waals surface area (Å²) in [5.41, 5.74) is 7.65. The first kappa shape index (κ1) is 15.7. The van der Waals surface area contributed by atoms with E-state index in [0.717, 1.165) is 17.7 Å². The van der Waals surface area contributed by atoms with E-state index in [1.807, 2.05) is 49.4 Å². The third-order valence-corrected chi connectivity index (χ3v) is 3.32. The molecule has 0 heterocycles. The average molecular weight is 306 g/mol. The molecule has 112 valence electrons. The lowest BCUT2D eigenvalue weighted by atomic mass is 10.2. The molecule has 0 aliphatic carbocycles. The van der Waals surface area contributed by atoms with Crippen LogP contribution in [0.5, 0.6) is 11.5 Å². The maximum absolute atomic E-state index is 6.20. The molecule has 4 heteroatoms. The molecule has 0 aliphatic rings. The largest absolute Gasteiger partial charge is 0.492 e. The summed E-state index contributed by atoms with van der Waals surface area (Å²) in [6, 6.07) is 13.7. The Bertz CT molecular complexity index is 570. The predicted octanol–water partition coefficient (Wildman–Crippen LogP) is 3.96. The fourth-order valence-corrected chi connectivity index (χ4v) is 2.08. The standard InChI is InChI=1S/C17H20ClNO2/c1-13-3-6-15(7-4-13)21-12-14-5-8-17(16(18)11-14)20-10-2-9-19/h3-8,11H,2,9-10,12,19H2,1H3. The third kappa shape index (κ3) is 4.96. The molecule has 0 spiro atoms. The van der Waals surface area contributed by atoms with Crippen molar-refractivity contribution in [3.63, 3.8) is 0 Å². The fraction of sp³-hybridized carbons (Fsp3) is 0.294. The maximum atomic E-state index is 6.20. The molecule has 2 aromatic carbocycles. The van der Waals surface area contributed by atoms with Gasteiger partial charge in [-0.15, -0.1) is 0 Å². The Morgan fingerprint density at radius 3 is 2.48 bits per heavy atom. The van der Waals surface area contributed by atoms with E-state index in [1.165, 1.54) is 5.56 Å². The van der Waals surface area contributed by atoms with Crippen molar-refractivity contribution < 1.29 is 9.47 Å². The fourth-order valence-electron chi connectivity index (χ4n) is 1.82. The topological polar surface area (TPSA) is 44.5 Å². The number of hydrogen-bond acceptors (Lipinski definition) is 3. The summed E-state index contributed by atoms with van der Waals surface area (Å²) in [6.07, 6.45) is 0.814. The summed E-state index contributed by atoms with van der Waals surface area (Å²) in [7, 11) is 0. The number of nitrogens with two attached hydrogens (primary N) is 1. The van der Waals surface area contributed by atoms with Gasteiger partial charge in [0.1, 0.15) is 18.1 Å². The number of rotatable bonds is 7. The van der Waals surface area contributed by atoms with Gasteiger partial charge < -0.3 is 15.2 Å². The van der Waals surface area contributed by atoms with Gasteiger partial charge in [-0.1, -0.05) is 35.4 Å². The van der Waals surface area contributed by atoms with E-state index in [1.54, 1.807) is 0 Å². The van der Waals surface area contributed by atoms with Gasteiger partial charge in [-0.3, -0.25) is 0 Å². The second-order valence-electron chi connectivity index (χ2n) is 4.86. The molecule has 3 nitrogen and oxygen atoms in total. The van der Waals surface area contributed by atoms with Gasteiger partial charge in [-0.05, 0) is 49.7 Å². The maximum Gasteiger partial charge on any atom is 0.137 e. The van der Waals surface area contributed by atoms with Crippen molar-refractivity contribution in [2.24, 2.45) is 5.73 Å². The van der Waals surface area contributed by atoms with Gasteiger partial charge in [0.25, 0.3) is 0 Å². The molecule has 21 heavy (non-hydrogen) atoms. The zero-order chi connectivity index (χ0) is 15.1. The quantitative estimate of drug-likeness (QED) is 0.788. The van der Waals surface area contributed by atoms with Crippen LogP contribution in [0.3, 0.4) is 0 Å². The third-order valence-electron chi connectivity index (χ3n) is 3.03. The molecular weight excluding hydrogens is 286 g/mol. The number of benzene rings is 2. The van der Waals surface area contributed by atoms with E-state index in [0.29, 0.717) is 30.5 Å². The Balaban J connectivity index is 1.92. The van der Waals surface area contributed by atoms with Crippen molar-refractivity contribution in [2.45, 2.75) is 20.0 Å². The molecule has 0 saturated heterocycles. The molecular formula is C17H20ClNO2. The Kier molecular flexibility index (Phi) is 5.90. The molecule has 0 atom stereocenters. The van der Waals surface area contributed by atoms with Crippen molar-refractivity contribution in [2.75, 3.05) is 13.2 Å². The van der Waals surface area contributed by atoms with Crippen LogP contribution in [0.4, 0.5) is 0 Å². The second kappa shape index (κ2) is 7.91. The molecule has 0 fully saturated rings. The number of ether oxygens (including phenoxy) is 2. The molecule has 2 rings (SSSR count). The monoisotopic (exact) mass is 305 g/mol. The van der Waals surface area contributed by atoms with Crippen molar-refractivity contribution in [3.8, 4) is 11.5 Å². The van der Waals surface area contributed by atoms with E-state index in [-0.39, 0.29) is 0 Å². The molecule has 0 aromatic heterocycles. The molecule has 0 amide bonds. The van der Waals surface area contributed by atoms with Gasteiger partial charge >= 0.3 is 0 Å². The lowest BCUT2D eigenvalue weighted by Gasteiger charge is -2.10. The minimum absolute atomic E-state index is 0.478. The van der Waals surface area contributed by atoms with E-state index < -0.39 is 0 Å². The summed E-state index contributed by atoms with van der Waals surface area (Å²) < 4.78 is 11.3. The molecule has 2 N–H and O–H groups in total. The van der Waals surface area contributed by atoms with E-state index >= 15 is 0 Å². The minimum Gasteiger partial charge on any atom is -0.492 e. The lowest BCUT2D eigenvalue weighted by Crippen LogP contribution is -2.06. The Labute approximate surface area is 130 Å². The molecule has 0 unspecified atom stereocenters. The average Bonchev–Trinajstić information content (AvgIpc) is 2.49. The second-order valence-corrected chi connectivity index (χ2v) is 5.26. The van der Waals surface area contributed by atoms with Crippen molar-refractivity contribution in [1.29, 1.82) is 0 Å². The van der Waals surface area contributed by atoms with Crippen LogP contribution in [0.15, 0.2) is 42.5 Å². The highest BCUT2D eigenvalue weighted by Crippen LogP contribution is 2.26. The zero-order valence-electron chi connectivity index (χ0n) is 12.1. The number of halogens is 1. The van der Waals surface area contributed by atoms with Crippen molar-refractivity contribution >= 4 is 11.6 Å². The van der Waals surface area contributed by atoms with E-state index in [9.17, 15) is 0 Å². The Hall–Kier alpha value is -1.71. The first-order valence-corrected chi connectivity index (χ1v) is 7.37. The van der Waals surface area contributed by atoms with Gasteiger partial charge in [0.15, 0.2) is 0 Å². The lowest BCUT2D eigenvalue weighted by molar-refractivity contribution is 0.303. The van der Waals surface area contributed by atoms with Crippen LogP contribution < -0.4 is 15.2 Å². The molecule has 2 aromatic rings. The SMILES string of the molecule is Cc1ccc(OCc2ccc(OCCCN)c(Cl)c2)cc1. The van der Waals surface area contributed by atoms with Crippen LogP contribution in [0.25, 0.3) is 0 Å². The summed E-state index contributed by atoms with van der Waals surface area (Å²) in [5.74, 6) is 1.53. The van der Waals surface area contributed by atoms with Crippen LogP contribution in [0, 0.1) is 6.92 Å². The van der Waals surface area contributed by atoms with Gasteiger partial charge in [-0.25, -0.2) is 0 Å². The molecule has 0 radical (unpaired) electrons. The first-order chi connectivity index (χ1) is 10.2. The van der Waals surface area contributed by atoms with Crippen LogP contribution in [-0.4, -0.2) is 13.2 Å². The van der Waals surface area contributed by atoms with Crippen molar-refractivity contribution in [3.05, 3.63) is 58.6 Å². The summed E-state index contributed by atoms with van der Waals surface area (Å²) in [5, 5.41) is 0.594. The summed E-state index contributed by atoms with van der Waals surface area (Å²) in [4.78, 5) is 0.